The first-order valence-electron chi connectivity index (χ1n) is 32.8. The van der Waals surface area contributed by atoms with Crippen molar-refractivity contribution < 1.29 is 133 Å². The van der Waals surface area contributed by atoms with Crippen molar-refractivity contribution in [3.63, 3.8) is 0 Å². The van der Waals surface area contributed by atoms with E-state index in [1.54, 1.807) is 12.2 Å². The second-order valence-electron chi connectivity index (χ2n) is 25.1. The van der Waals surface area contributed by atoms with Gasteiger partial charge in [0.25, 0.3) is 0 Å². The summed E-state index contributed by atoms with van der Waals surface area (Å²) in [4.78, 5) is 55.8. The summed E-state index contributed by atoms with van der Waals surface area (Å²) >= 11 is 0. The number of unbranched alkanes of at least 4 members (excludes halogenated alkanes) is 12. The summed E-state index contributed by atoms with van der Waals surface area (Å²) in [7, 11) is -27.6. The molecule has 0 rings (SSSR count). The molecule has 0 aromatic heterocycles. The van der Waals surface area contributed by atoms with Crippen LogP contribution in [0.15, 0.2) is 25.3 Å². The zero-order valence-corrected chi connectivity index (χ0v) is 65.2. The fourth-order valence-electron chi connectivity index (χ4n) is 7.80. The monoisotopic (exact) mass is 1470 g/mol. The maximum absolute atomic E-state index is 12.4. The van der Waals surface area contributed by atoms with E-state index in [0.29, 0.717) is 100 Å². The predicted molar refractivity (Wildman–Crippen MR) is 360 cm³/mol. The first-order chi connectivity index (χ1) is 41.9. The fraction of sp³-hybridized carbons (Fsp3) is 0.933. The smallest absolute Gasteiger partial charge is 0.396 e. The number of hydrogen-bond acceptors (Lipinski definition) is 18. The Balaban J connectivity index is -0.000000366. The van der Waals surface area contributed by atoms with Gasteiger partial charge in [0, 0.05) is 27.1 Å². The van der Waals surface area contributed by atoms with Gasteiger partial charge in [0.05, 0.1) is 72.7 Å². The number of aliphatic hydroxyl groups is 1. The van der Waals surface area contributed by atoms with E-state index in [4.69, 9.17) is 46.4 Å². The predicted octanol–water partition coefficient (Wildman–Crippen LogP) is 18.8. The molecule has 0 aromatic carbocycles. The molecule has 31 heteroatoms. The number of aliphatic hydroxyl groups excluding tert-OH is 1. The first-order valence-corrected chi connectivity index (χ1v) is 41.8. The van der Waals surface area contributed by atoms with E-state index in [1.807, 2.05) is 6.92 Å². The Morgan fingerprint density at radius 3 is 0.758 bits per heavy atom. The van der Waals surface area contributed by atoms with E-state index >= 15 is 0 Å². The van der Waals surface area contributed by atoms with Crippen LogP contribution in [0.4, 0.5) is 0 Å². The summed E-state index contributed by atoms with van der Waals surface area (Å²) in [6.07, 6.45) is 25.7. The van der Waals surface area contributed by atoms with Gasteiger partial charge >= 0.3 is 46.9 Å². The second-order valence-corrected chi connectivity index (χ2v) is 34.3. The number of phosphoric acid groups is 6. The van der Waals surface area contributed by atoms with E-state index in [9.17, 15) is 52.1 Å². The first kappa shape index (κ1) is 101. The van der Waals surface area contributed by atoms with Crippen LogP contribution in [0, 0.1) is 40.9 Å². The summed E-state index contributed by atoms with van der Waals surface area (Å²) in [6.45, 7) is 37.1. The molecule has 0 saturated heterocycles. The molecule has 0 aliphatic rings. The molecule has 0 saturated carbocycles. The third kappa shape index (κ3) is 76.5. The summed E-state index contributed by atoms with van der Waals surface area (Å²) in [5.41, 5.74) is -0.300. The standard InChI is InChI=1S/3C16H36O7P2.C12H22O3.Ti/c2*1-15(2)11-7-5-9-13-21-24(17,18)23-25(19,20)22-14-10-6-8-12-16(3)4;1-15(2)11-7-5-9-13-21-25(20,23-24(17,18)19)22-14-10-6-8-12-16(3)4;1-4-7-14-10-12(6-3,9-13)11-15-8-5-2;/h2*15-16H,5-14H2,1-4H3,(H,17,18)(H,19,20);15-16H,5-14H2,1-4H3,(H2,17,18,19);4-5,13H,1-2,6-11H2,3H3;. The molecule has 0 aromatic rings. The summed E-state index contributed by atoms with van der Waals surface area (Å²) in [5.74, 6) is 3.74. The van der Waals surface area contributed by atoms with Gasteiger partial charge < -0.3 is 43.9 Å². The van der Waals surface area contributed by atoms with Gasteiger partial charge in [-0.2, -0.15) is 12.9 Å². The molecule has 4 unspecified atom stereocenters. The molecule has 0 aliphatic carbocycles. The molecule has 0 heterocycles. The van der Waals surface area contributed by atoms with Gasteiger partial charge in [0.2, 0.25) is 0 Å². The third-order valence-corrected chi connectivity index (χ3v) is 21.0. The summed E-state index contributed by atoms with van der Waals surface area (Å²) in [6, 6.07) is 0. The molecule has 0 spiro atoms. The van der Waals surface area contributed by atoms with Crippen molar-refractivity contribution in [1.29, 1.82) is 0 Å². The van der Waals surface area contributed by atoms with Gasteiger partial charge in [-0.25, -0.2) is 27.4 Å². The van der Waals surface area contributed by atoms with Gasteiger partial charge in [0.15, 0.2) is 0 Å². The quantitative estimate of drug-likeness (QED) is 0.0129. The fourth-order valence-corrected chi connectivity index (χ4v) is 14.3. The Morgan fingerprint density at radius 1 is 0.363 bits per heavy atom. The van der Waals surface area contributed by atoms with E-state index in [0.717, 1.165) is 122 Å². The second kappa shape index (κ2) is 60.8. The van der Waals surface area contributed by atoms with Gasteiger partial charge in [0.1, 0.15) is 0 Å². The molecule has 548 valence electrons. The van der Waals surface area contributed by atoms with Crippen molar-refractivity contribution >= 4 is 46.9 Å². The summed E-state index contributed by atoms with van der Waals surface area (Å²) < 4.78 is 123. The Labute approximate surface area is 566 Å². The number of ether oxygens (including phenoxy) is 2. The summed E-state index contributed by atoms with van der Waals surface area (Å²) in [5, 5.41) is 9.36. The number of rotatable bonds is 58. The molecule has 91 heavy (non-hydrogen) atoms. The number of hydrogen-bond donors (Lipinski definition) is 7. The van der Waals surface area contributed by atoms with Crippen LogP contribution in [-0.2, 0) is 98.7 Å². The molecule has 0 aliphatic heterocycles. The van der Waals surface area contributed by atoms with E-state index in [-0.39, 0.29) is 73.4 Å². The Hall–Kier alpha value is 0.854. The number of phosphoric ester groups is 5. The van der Waals surface area contributed by atoms with Gasteiger partial charge in [-0.15, -0.1) is 13.2 Å². The maximum atomic E-state index is 12.4. The third-order valence-electron chi connectivity index (χ3n) is 13.1. The minimum atomic E-state index is -4.95. The van der Waals surface area contributed by atoms with E-state index in [2.05, 4.69) is 109 Å². The normalized spacial score (nSPS) is 14.8. The minimum Gasteiger partial charge on any atom is -0.396 e. The van der Waals surface area contributed by atoms with Crippen molar-refractivity contribution in [3.8, 4) is 0 Å². The molecule has 0 fully saturated rings. The molecular formula is C60H130O24P6Ti. The minimum absolute atomic E-state index is 0. The van der Waals surface area contributed by atoms with Crippen LogP contribution in [0.25, 0.3) is 0 Å². The molecule has 0 amide bonds. The molecular weight excluding hydrogens is 1340 g/mol. The van der Waals surface area contributed by atoms with Gasteiger partial charge in [-0.1, -0.05) is 218 Å². The van der Waals surface area contributed by atoms with Crippen LogP contribution in [0.3, 0.4) is 0 Å². The van der Waals surface area contributed by atoms with Crippen LogP contribution < -0.4 is 0 Å². The van der Waals surface area contributed by atoms with Crippen LogP contribution in [0.2, 0.25) is 0 Å². The SMILES string of the molecule is C=CCOCC(CC)(CO)COCC=C.CC(C)CCCCCOP(=O)(O)OP(=O)(O)OCCCCCC(C)C.CC(C)CCCCCOP(=O)(O)OP(=O)(O)OCCCCCC(C)C.CC(C)CCCCCOP(=O)(OCCCCCC(C)C)OP(=O)(O)O.[Ti]. The average Bonchev–Trinajstić information content (AvgIpc) is 1.30. The van der Waals surface area contributed by atoms with E-state index < -0.39 is 46.9 Å². The Kier molecular flexibility index (Phi) is 67.1. The van der Waals surface area contributed by atoms with E-state index in [1.165, 1.54) is 0 Å². The van der Waals surface area contributed by atoms with Crippen LogP contribution in [-0.4, -0.2) is 107 Å². The maximum Gasteiger partial charge on any atom is 0.483 e. The van der Waals surface area contributed by atoms with Crippen LogP contribution in [0.1, 0.15) is 251 Å². The molecule has 4 atom stereocenters. The zero-order chi connectivity index (χ0) is 69.6. The Morgan fingerprint density at radius 2 is 0.582 bits per heavy atom. The van der Waals surface area contributed by atoms with Crippen molar-refractivity contribution in [3.05, 3.63) is 25.3 Å². The van der Waals surface area contributed by atoms with Crippen molar-refractivity contribution in [2.24, 2.45) is 40.9 Å². The topological polar surface area (TPSA) is 346 Å². The van der Waals surface area contributed by atoms with Crippen molar-refractivity contribution in [2.75, 3.05) is 72.7 Å². The van der Waals surface area contributed by atoms with Crippen LogP contribution in [0.5, 0.6) is 0 Å². The van der Waals surface area contributed by atoms with Crippen LogP contribution >= 0.6 is 46.9 Å². The average molecular weight is 1470 g/mol. The van der Waals surface area contributed by atoms with Gasteiger partial charge in [-0.05, 0) is 80.5 Å². The van der Waals surface area contributed by atoms with Gasteiger partial charge in [-0.3, -0.25) is 27.1 Å². The largest absolute Gasteiger partial charge is 0.483 e. The molecule has 0 radical (unpaired) electrons. The zero-order valence-electron chi connectivity index (χ0n) is 58.2. The Bertz CT molecular complexity index is 1800. The molecule has 0 bridgehead atoms. The molecule has 24 nitrogen and oxygen atoms in total. The molecule has 7 N–H and O–H groups in total. The van der Waals surface area contributed by atoms with Crippen molar-refractivity contribution in [1.82, 2.24) is 0 Å². The van der Waals surface area contributed by atoms with Crippen molar-refractivity contribution in [2.45, 2.75) is 251 Å².